The number of thioether (sulfide) groups is 1. The highest BCUT2D eigenvalue weighted by molar-refractivity contribution is 8.01. The lowest BCUT2D eigenvalue weighted by molar-refractivity contribution is -0.113. The van der Waals surface area contributed by atoms with Crippen molar-refractivity contribution in [2.75, 3.05) is 23.5 Å². The van der Waals surface area contributed by atoms with Crippen molar-refractivity contribution in [2.45, 2.75) is 4.34 Å². The number of thiazole rings is 1. The third-order valence-electron chi connectivity index (χ3n) is 4.39. The number of rotatable bonds is 7. The molecule has 0 fully saturated rings. The number of fused-ring (bicyclic) bond motifs is 1. The first-order chi connectivity index (χ1) is 15.1. The number of hydrogen-bond acceptors (Lipinski definition) is 6. The second-order valence-corrected chi connectivity index (χ2v) is 8.77. The lowest BCUT2D eigenvalue weighted by Crippen LogP contribution is -2.15. The van der Waals surface area contributed by atoms with E-state index in [-0.39, 0.29) is 17.6 Å². The maximum atomic E-state index is 12.5. The van der Waals surface area contributed by atoms with Crippen LogP contribution < -0.4 is 15.4 Å². The first-order valence-electron chi connectivity index (χ1n) is 9.45. The zero-order chi connectivity index (χ0) is 21.6. The third-order valence-corrected chi connectivity index (χ3v) is 6.57. The smallest absolute Gasteiger partial charge is 0.255 e. The molecule has 3 aromatic carbocycles. The summed E-state index contributed by atoms with van der Waals surface area (Å²) in [7, 11) is 1.55. The van der Waals surface area contributed by atoms with Crippen molar-refractivity contribution in [3.8, 4) is 5.75 Å². The van der Waals surface area contributed by atoms with E-state index < -0.39 is 0 Å². The van der Waals surface area contributed by atoms with Crippen molar-refractivity contribution in [1.82, 2.24) is 4.98 Å². The fourth-order valence-electron chi connectivity index (χ4n) is 2.88. The van der Waals surface area contributed by atoms with Gasteiger partial charge in [-0.05, 0) is 48.5 Å². The number of hydrogen-bond donors (Lipinski definition) is 2. The van der Waals surface area contributed by atoms with Crippen LogP contribution in [0.3, 0.4) is 0 Å². The number of anilines is 2. The topological polar surface area (TPSA) is 80.3 Å². The van der Waals surface area contributed by atoms with Gasteiger partial charge in [-0.3, -0.25) is 9.59 Å². The van der Waals surface area contributed by atoms with E-state index in [4.69, 9.17) is 4.74 Å². The van der Waals surface area contributed by atoms with E-state index in [2.05, 4.69) is 15.6 Å². The van der Waals surface area contributed by atoms with Crippen LogP contribution in [-0.4, -0.2) is 29.7 Å². The van der Waals surface area contributed by atoms with Gasteiger partial charge < -0.3 is 15.4 Å². The quantitative estimate of drug-likeness (QED) is 0.375. The Labute approximate surface area is 187 Å². The molecule has 0 aliphatic heterocycles. The number of nitrogens with one attached hydrogen (secondary N) is 2. The Morgan fingerprint density at radius 2 is 1.71 bits per heavy atom. The molecule has 4 aromatic rings. The molecular weight excluding hydrogens is 430 g/mol. The fraction of sp³-hybridized carbons (Fsp3) is 0.0870. The van der Waals surface area contributed by atoms with Gasteiger partial charge in [0.05, 0.1) is 28.8 Å². The molecule has 6 nitrogen and oxygen atoms in total. The van der Waals surface area contributed by atoms with Crippen molar-refractivity contribution in [1.29, 1.82) is 0 Å². The molecule has 1 heterocycles. The molecular formula is C23H19N3O3S2. The number of para-hydroxylation sites is 3. The minimum absolute atomic E-state index is 0.129. The number of methoxy groups -OCH3 is 1. The molecule has 0 bridgehead atoms. The summed E-state index contributed by atoms with van der Waals surface area (Å²) in [5, 5.41) is 5.67. The van der Waals surface area contributed by atoms with Gasteiger partial charge in [0.25, 0.3) is 5.91 Å². The zero-order valence-electron chi connectivity index (χ0n) is 16.6. The van der Waals surface area contributed by atoms with Crippen molar-refractivity contribution in [3.63, 3.8) is 0 Å². The van der Waals surface area contributed by atoms with E-state index in [1.165, 1.54) is 11.8 Å². The number of carbonyl (C=O) groups excluding carboxylic acids is 2. The first kappa shape index (κ1) is 20.9. The molecule has 2 amide bonds. The summed E-state index contributed by atoms with van der Waals surface area (Å²) in [5.74, 6) is 0.463. The summed E-state index contributed by atoms with van der Waals surface area (Å²) < 4.78 is 7.21. The number of benzene rings is 3. The van der Waals surface area contributed by atoms with E-state index in [0.29, 0.717) is 22.7 Å². The van der Waals surface area contributed by atoms with E-state index in [0.717, 1.165) is 14.6 Å². The summed E-state index contributed by atoms with van der Waals surface area (Å²) in [5.41, 5.74) is 2.65. The molecule has 4 rings (SSSR count). The maximum absolute atomic E-state index is 12.5. The highest BCUT2D eigenvalue weighted by atomic mass is 32.2. The highest BCUT2D eigenvalue weighted by Crippen LogP contribution is 2.29. The van der Waals surface area contributed by atoms with Gasteiger partial charge in [-0.1, -0.05) is 36.0 Å². The predicted molar refractivity (Wildman–Crippen MR) is 126 cm³/mol. The van der Waals surface area contributed by atoms with Crippen LogP contribution in [0.1, 0.15) is 10.4 Å². The molecule has 0 saturated carbocycles. The zero-order valence-corrected chi connectivity index (χ0v) is 18.3. The molecule has 0 atom stereocenters. The summed E-state index contributed by atoms with van der Waals surface area (Å²) in [4.78, 5) is 29.3. The van der Waals surface area contributed by atoms with Gasteiger partial charge in [0.15, 0.2) is 4.34 Å². The van der Waals surface area contributed by atoms with Crippen molar-refractivity contribution < 1.29 is 14.3 Å². The standard InChI is InChI=1S/C23H19N3O3S2/c1-29-19-8-4-2-6-17(19)25-22(28)15-10-12-16(13-11-15)24-21(27)14-30-23-26-18-7-3-5-9-20(18)31-23/h2-13H,14H2,1H3,(H,24,27)(H,25,28). The largest absolute Gasteiger partial charge is 0.495 e. The first-order valence-corrected chi connectivity index (χ1v) is 11.3. The number of amides is 2. The number of nitrogens with zero attached hydrogens (tertiary/aromatic N) is 1. The highest BCUT2D eigenvalue weighted by Gasteiger charge is 2.11. The molecule has 2 N–H and O–H groups in total. The van der Waals surface area contributed by atoms with Gasteiger partial charge in [-0.2, -0.15) is 0 Å². The van der Waals surface area contributed by atoms with E-state index in [1.807, 2.05) is 36.4 Å². The van der Waals surface area contributed by atoms with Crippen molar-refractivity contribution in [3.05, 3.63) is 78.4 Å². The molecule has 1 aromatic heterocycles. The molecule has 156 valence electrons. The Morgan fingerprint density at radius 3 is 2.48 bits per heavy atom. The molecule has 0 unspecified atom stereocenters. The van der Waals surface area contributed by atoms with Crippen LogP contribution in [0.15, 0.2) is 77.1 Å². The Balaban J connectivity index is 1.32. The summed E-state index contributed by atoms with van der Waals surface area (Å²) >= 11 is 2.98. The number of carbonyl (C=O) groups is 2. The van der Waals surface area contributed by atoms with E-state index in [9.17, 15) is 9.59 Å². The summed E-state index contributed by atoms with van der Waals surface area (Å²) in [6.45, 7) is 0. The Morgan fingerprint density at radius 1 is 0.968 bits per heavy atom. The lowest BCUT2D eigenvalue weighted by Gasteiger charge is -2.10. The second-order valence-electron chi connectivity index (χ2n) is 6.52. The molecule has 31 heavy (non-hydrogen) atoms. The van der Waals surface area contributed by atoms with Crippen LogP contribution in [0.25, 0.3) is 10.2 Å². The number of ether oxygens (including phenoxy) is 1. The van der Waals surface area contributed by atoms with Gasteiger partial charge in [-0.15, -0.1) is 11.3 Å². The Bertz CT molecular complexity index is 1190. The average molecular weight is 450 g/mol. The number of aromatic nitrogens is 1. The Hall–Kier alpha value is -3.36. The molecule has 0 radical (unpaired) electrons. The SMILES string of the molecule is COc1ccccc1NC(=O)c1ccc(NC(=O)CSc2nc3ccccc3s2)cc1. The van der Waals surface area contributed by atoms with E-state index >= 15 is 0 Å². The van der Waals surface area contributed by atoms with E-state index in [1.54, 1.807) is 54.8 Å². The normalized spacial score (nSPS) is 10.6. The average Bonchev–Trinajstić information content (AvgIpc) is 3.21. The lowest BCUT2D eigenvalue weighted by atomic mass is 10.2. The molecule has 0 aliphatic rings. The fourth-order valence-corrected chi connectivity index (χ4v) is 4.75. The molecule has 0 saturated heterocycles. The van der Waals surface area contributed by atoms with Crippen LogP contribution in [-0.2, 0) is 4.79 Å². The van der Waals surface area contributed by atoms with Gasteiger partial charge in [0.2, 0.25) is 5.91 Å². The molecule has 8 heteroatoms. The maximum Gasteiger partial charge on any atom is 0.255 e. The predicted octanol–water partition coefficient (Wildman–Crippen LogP) is 5.29. The molecule has 0 aliphatic carbocycles. The van der Waals surface area contributed by atoms with Gasteiger partial charge in [0, 0.05) is 11.3 Å². The minimum atomic E-state index is -0.256. The third kappa shape index (κ3) is 5.22. The van der Waals surface area contributed by atoms with Crippen LogP contribution in [0.4, 0.5) is 11.4 Å². The monoisotopic (exact) mass is 449 g/mol. The van der Waals surface area contributed by atoms with Crippen LogP contribution in [0.5, 0.6) is 5.75 Å². The van der Waals surface area contributed by atoms with Crippen LogP contribution in [0.2, 0.25) is 0 Å². The second kappa shape index (κ2) is 9.63. The van der Waals surface area contributed by atoms with Crippen molar-refractivity contribution in [2.24, 2.45) is 0 Å². The van der Waals surface area contributed by atoms with Crippen molar-refractivity contribution >= 4 is 56.5 Å². The Kier molecular flexibility index (Phi) is 6.49. The van der Waals surface area contributed by atoms with Crippen LogP contribution >= 0.6 is 23.1 Å². The van der Waals surface area contributed by atoms with Gasteiger partial charge >= 0.3 is 0 Å². The summed E-state index contributed by atoms with van der Waals surface area (Å²) in [6, 6.07) is 21.9. The minimum Gasteiger partial charge on any atom is -0.495 e. The van der Waals surface area contributed by atoms with Gasteiger partial charge in [-0.25, -0.2) is 4.98 Å². The molecule has 0 spiro atoms. The van der Waals surface area contributed by atoms with Gasteiger partial charge in [0.1, 0.15) is 5.75 Å². The summed E-state index contributed by atoms with van der Waals surface area (Å²) in [6.07, 6.45) is 0. The van der Waals surface area contributed by atoms with Crippen LogP contribution in [0, 0.1) is 0 Å².